The summed E-state index contributed by atoms with van der Waals surface area (Å²) in [6, 6.07) is 0.464. The lowest BCUT2D eigenvalue weighted by atomic mass is 10.1. The highest BCUT2D eigenvalue weighted by Crippen LogP contribution is 2.00. The van der Waals surface area contributed by atoms with Crippen LogP contribution in [-0.2, 0) is 4.79 Å². The van der Waals surface area contributed by atoms with Gasteiger partial charge in [0, 0.05) is 32.2 Å². The molecule has 0 saturated carbocycles. The molecule has 0 aliphatic heterocycles. The third-order valence-corrected chi connectivity index (χ3v) is 2.26. The molecular weight excluding hydrogens is 180 g/mol. The summed E-state index contributed by atoms with van der Waals surface area (Å²) >= 11 is 0. The molecule has 2 unspecified atom stereocenters. The van der Waals surface area contributed by atoms with Gasteiger partial charge < -0.3 is 15.7 Å². The molecule has 84 valence electrons. The lowest BCUT2D eigenvalue weighted by molar-refractivity contribution is -0.121. The van der Waals surface area contributed by atoms with Crippen molar-refractivity contribution in [2.45, 2.75) is 45.2 Å². The SMILES string of the molecule is CCC(CCO)NC(C)CC(=O)NC. The van der Waals surface area contributed by atoms with E-state index in [1.165, 1.54) is 0 Å². The van der Waals surface area contributed by atoms with Gasteiger partial charge in [-0.05, 0) is 19.8 Å². The molecule has 1 amide bonds. The minimum absolute atomic E-state index is 0.0452. The van der Waals surface area contributed by atoms with Gasteiger partial charge in [0.25, 0.3) is 0 Å². The summed E-state index contributed by atoms with van der Waals surface area (Å²) in [7, 11) is 1.64. The van der Waals surface area contributed by atoms with Crippen LogP contribution in [0.15, 0.2) is 0 Å². The highest BCUT2D eigenvalue weighted by molar-refractivity contribution is 5.76. The van der Waals surface area contributed by atoms with Gasteiger partial charge in [-0.15, -0.1) is 0 Å². The molecule has 0 bridgehead atoms. The van der Waals surface area contributed by atoms with Gasteiger partial charge in [-0.1, -0.05) is 6.92 Å². The zero-order chi connectivity index (χ0) is 11.0. The number of aliphatic hydroxyl groups is 1. The Morgan fingerprint density at radius 3 is 2.57 bits per heavy atom. The number of hydrogen-bond donors (Lipinski definition) is 3. The van der Waals surface area contributed by atoms with Crippen molar-refractivity contribution in [2.75, 3.05) is 13.7 Å². The zero-order valence-electron chi connectivity index (χ0n) is 9.34. The molecule has 0 aliphatic carbocycles. The maximum absolute atomic E-state index is 11.0. The lowest BCUT2D eigenvalue weighted by Crippen LogP contribution is -2.39. The van der Waals surface area contributed by atoms with Gasteiger partial charge in [0.15, 0.2) is 0 Å². The quantitative estimate of drug-likeness (QED) is 0.555. The van der Waals surface area contributed by atoms with Gasteiger partial charge in [-0.3, -0.25) is 4.79 Å². The third-order valence-electron chi connectivity index (χ3n) is 2.26. The fourth-order valence-electron chi connectivity index (χ4n) is 1.40. The molecule has 0 aromatic heterocycles. The van der Waals surface area contributed by atoms with Crippen LogP contribution in [0.3, 0.4) is 0 Å². The fraction of sp³-hybridized carbons (Fsp3) is 0.900. The molecule has 0 rings (SSSR count). The van der Waals surface area contributed by atoms with Crippen molar-refractivity contribution in [1.82, 2.24) is 10.6 Å². The van der Waals surface area contributed by atoms with Crippen LogP contribution in [0.4, 0.5) is 0 Å². The Morgan fingerprint density at radius 1 is 1.50 bits per heavy atom. The van der Waals surface area contributed by atoms with E-state index in [9.17, 15) is 4.79 Å². The summed E-state index contributed by atoms with van der Waals surface area (Å²) in [4.78, 5) is 11.0. The van der Waals surface area contributed by atoms with Crippen LogP contribution in [0.2, 0.25) is 0 Å². The van der Waals surface area contributed by atoms with Gasteiger partial charge in [0.2, 0.25) is 5.91 Å². The summed E-state index contributed by atoms with van der Waals surface area (Å²) in [5, 5.41) is 14.7. The van der Waals surface area contributed by atoms with Crippen LogP contribution in [-0.4, -0.2) is 36.8 Å². The first-order chi connectivity index (χ1) is 6.63. The largest absolute Gasteiger partial charge is 0.396 e. The molecule has 2 atom stereocenters. The van der Waals surface area contributed by atoms with Crippen molar-refractivity contribution in [1.29, 1.82) is 0 Å². The monoisotopic (exact) mass is 202 g/mol. The van der Waals surface area contributed by atoms with E-state index in [-0.39, 0.29) is 18.6 Å². The van der Waals surface area contributed by atoms with Crippen LogP contribution in [0.1, 0.15) is 33.1 Å². The van der Waals surface area contributed by atoms with Crippen LogP contribution in [0.5, 0.6) is 0 Å². The number of nitrogens with one attached hydrogen (secondary N) is 2. The molecule has 3 N–H and O–H groups in total. The number of carbonyl (C=O) groups excluding carboxylic acids is 1. The molecule has 0 heterocycles. The second-order valence-corrected chi connectivity index (χ2v) is 3.56. The molecule has 4 heteroatoms. The van der Waals surface area contributed by atoms with Gasteiger partial charge >= 0.3 is 0 Å². The Hall–Kier alpha value is -0.610. The molecule has 14 heavy (non-hydrogen) atoms. The number of amides is 1. The maximum atomic E-state index is 11.0. The Bertz CT molecular complexity index is 162. The van der Waals surface area contributed by atoms with Crippen molar-refractivity contribution < 1.29 is 9.90 Å². The van der Waals surface area contributed by atoms with Crippen LogP contribution in [0, 0.1) is 0 Å². The minimum Gasteiger partial charge on any atom is -0.396 e. The lowest BCUT2D eigenvalue weighted by Gasteiger charge is -2.20. The number of carbonyl (C=O) groups is 1. The normalized spacial score (nSPS) is 14.9. The fourth-order valence-corrected chi connectivity index (χ4v) is 1.40. The zero-order valence-corrected chi connectivity index (χ0v) is 9.34. The van der Waals surface area contributed by atoms with Crippen molar-refractivity contribution in [3.05, 3.63) is 0 Å². The molecule has 0 aromatic carbocycles. The summed E-state index contributed by atoms with van der Waals surface area (Å²) in [6.07, 6.45) is 2.20. The maximum Gasteiger partial charge on any atom is 0.221 e. The first-order valence-electron chi connectivity index (χ1n) is 5.21. The Morgan fingerprint density at radius 2 is 2.14 bits per heavy atom. The van der Waals surface area contributed by atoms with Gasteiger partial charge in [-0.25, -0.2) is 0 Å². The van der Waals surface area contributed by atoms with E-state index in [4.69, 9.17) is 5.11 Å². The van der Waals surface area contributed by atoms with E-state index in [0.29, 0.717) is 12.5 Å². The third kappa shape index (κ3) is 5.94. The predicted octanol–water partition coefficient (Wildman–Crippen LogP) is 0.262. The first kappa shape index (κ1) is 13.4. The second-order valence-electron chi connectivity index (χ2n) is 3.56. The van der Waals surface area contributed by atoms with E-state index in [2.05, 4.69) is 17.6 Å². The van der Waals surface area contributed by atoms with Gasteiger partial charge in [0.05, 0.1) is 0 Å². The number of aliphatic hydroxyl groups excluding tert-OH is 1. The van der Waals surface area contributed by atoms with Crippen LogP contribution < -0.4 is 10.6 Å². The number of rotatable bonds is 7. The first-order valence-corrected chi connectivity index (χ1v) is 5.21. The molecule has 0 spiro atoms. The van der Waals surface area contributed by atoms with Crippen LogP contribution in [0.25, 0.3) is 0 Å². The highest BCUT2D eigenvalue weighted by Gasteiger charge is 2.12. The summed E-state index contributed by atoms with van der Waals surface area (Å²) in [6.45, 7) is 4.24. The highest BCUT2D eigenvalue weighted by atomic mass is 16.3. The van der Waals surface area contributed by atoms with E-state index < -0.39 is 0 Å². The van der Waals surface area contributed by atoms with E-state index >= 15 is 0 Å². The van der Waals surface area contributed by atoms with Crippen molar-refractivity contribution in [3.8, 4) is 0 Å². The van der Waals surface area contributed by atoms with Crippen molar-refractivity contribution in [2.24, 2.45) is 0 Å². The molecular formula is C10H22N2O2. The standard InChI is InChI=1S/C10H22N2O2/c1-4-9(5-6-13)12-8(2)7-10(14)11-3/h8-9,12-13H,4-7H2,1-3H3,(H,11,14). The molecule has 0 saturated heterocycles. The van der Waals surface area contributed by atoms with Crippen LogP contribution >= 0.6 is 0 Å². The minimum atomic E-state index is 0.0452. The predicted molar refractivity (Wildman–Crippen MR) is 57.1 cm³/mol. The number of hydrogen-bond acceptors (Lipinski definition) is 3. The Kier molecular flexibility index (Phi) is 7.42. The molecule has 0 aliphatic rings. The second kappa shape index (κ2) is 7.76. The summed E-state index contributed by atoms with van der Waals surface area (Å²) in [5.41, 5.74) is 0. The average molecular weight is 202 g/mol. The Balaban J connectivity index is 3.77. The van der Waals surface area contributed by atoms with Crippen molar-refractivity contribution >= 4 is 5.91 Å². The molecule has 4 nitrogen and oxygen atoms in total. The Labute approximate surface area is 86.1 Å². The molecule has 0 aromatic rings. The topological polar surface area (TPSA) is 61.4 Å². The molecule has 0 radical (unpaired) electrons. The van der Waals surface area contributed by atoms with E-state index in [1.807, 2.05) is 6.92 Å². The average Bonchev–Trinajstić information content (AvgIpc) is 2.16. The van der Waals surface area contributed by atoms with Crippen molar-refractivity contribution in [3.63, 3.8) is 0 Å². The van der Waals surface area contributed by atoms with Gasteiger partial charge in [-0.2, -0.15) is 0 Å². The van der Waals surface area contributed by atoms with E-state index in [0.717, 1.165) is 12.8 Å². The smallest absolute Gasteiger partial charge is 0.221 e. The van der Waals surface area contributed by atoms with Gasteiger partial charge in [0.1, 0.15) is 0 Å². The summed E-state index contributed by atoms with van der Waals surface area (Å²) < 4.78 is 0. The molecule has 0 fully saturated rings. The van der Waals surface area contributed by atoms with E-state index in [1.54, 1.807) is 7.05 Å². The summed E-state index contributed by atoms with van der Waals surface area (Å²) in [5.74, 6) is 0.0452.